The zero-order valence-electron chi connectivity index (χ0n) is 41.3. The van der Waals surface area contributed by atoms with Crippen molar-refractivity contribution in [3.8, 4) is 61.3 Å². The molecule has 0 aliphatic heterocycles. The maximum absolute atomic E-state index is 2.47. The molecule has 12 aromatic carbocycles. The maximum Gasteiger partial charge on any atom is 0.0714 e. The predicted molar refractivity (Wildman–Crippen MR) is 315 cm³/mol. The van der Waals surface area contributed by atoms with Crippen molar-refractivity contribution < 1.29 is 0 Å². The molecule has 2 heteroatoms. The van der Waals surface area contributed by atoms with Crippen molar-refractivity contribution in [2.45, 2.75) is 5.41 Å². The first-order valence-electron chi connectivity index (χ1n) is 25.9. The third kappa shape index (κ3) is 7.41. The second kappa shape index (κ2) is 18.4. The Labute approximate surface area is 438 Å². The first-order chi connectivity index (χ1) is 37.2. The Bertz CT molecular complexity index is 4090. The van der Waals surface area contributed by atoms with Gasteiger partial charge in [-0.1, -0.05) is 243 Å². The van der Waals surface area contributed by atoms with Gasteiger partial charge in [0.2, 0.25) is 0 Å². The molecule has 0 N–H and O–H groups in total. The fraction of sp³-hybridized carbons (Fsp3) is 0.0137. The summed E-state index contributed by atoms with van der Waals surface area (Å²) in [5, 5.41) is 2.54. The van der Waals surface area contributed by atoms with Crippen LogP contribution < -0.4 is 4.90 Å². The van der Waals surface area contributed by atoms with E-state index in [-0.39, 0.29) is 0 Å². The molecule has 13 aromatic rings. The van der Waals surface area contributed by atoms with Crippen molar-refractivity contribution in [2.75, 3.05) is 4.90 Å². The summed E-state index contributed by atoms with van der Waals surface area (Å²) in [6.07, 6.45) is 0. The number of para-hydroxylation sites is 2. The fourth-order valence-electron chi connectivity index (χ4n) is 12.1. The van der Waals surface area contributed by atoms with E-state index < -0.39 is 5.41 Å². The van der Waals surface area contributed by atoms with E-state index in [0.717, 1.165) is 39.4 Å². The van der Waals surface area contributed by atoms with Gasteiger partial charge in [0, 0.05) is 33.4 Å². The highest BCUT2D eigenvalue weighted by molar-refractivity contribution is 6.09. The van der Waals surface area contributed by atoms with E-state index in [4.69, 9.17) is 0 Å². The van der Waals surface area contributed by atoms with Gasteiger partial charge in [-0.05, 0) is 133 Å². The van der Waals surface area contributed by atoms with Crippen molar-refractivity contribution in [1.29, 1.82) is 0 Å². The highest BCUT2D eigenvalue weighted by Crippen LogP contribution is 2.57. The minimum Gasteiger partial charge on any atom is -0.310 e. The minimum atomic E-state index is -0.542. The number of fused-ring (bicyclic) bond motifs is 6. The van der Waals surface area contributed by atoms with Crippen molar-refractivity contribution >= 4 is 38.9 Å². The van der Waals surface area contributed by atoms with Crippen LogP contribution in [-0.4, -0.2) is 4.57 Å². The van der Waals surface area contributed by atoms with Crippen LogP contribution in [0.25, 0.3) is 83.1 Å². The topological polar surface area (TPSA) is 8.17 Å². The molecule has 352 valence electrons. The Morgan fingerprint density at radius 3 is 1.28 bits per heavy atom. The van der Waals surface area contributed by atoms with E-state index >= 15 is 0 Å². The molecule has 0 radical (unpaired) electrons. The fourth-order valence-corrected chi connectivity index (χ4v) is 12.1. The third-order valence-corrected chi connectivity index (χ3v) is 15.5. The molecule has 1 heterocycles. The molecule has 0 spiro atoms. The molecule has 2 nitrogen and oxygen atoms in total. The summed E-state index contributed by atoms with van der Waals surface area (Å²) in [7, 11) is 0. The van der Waals surface area contributed by atoms with E-state index in [0.29, 0.717) is 0 Å². The highest BCUT2D eigenvalue weighted by Gasteiger charge is 2.46. The summed E-state index contributed by atoms with van der Waals surface area (Å²) in [6.45, 7) is 0. The normalized spacial score (nSPS) is 12.4. The monoisotopic (exact) mass is 954 g/mol. The Hall–Kier alpha value is -9.76. The SMILES string of the molecule is c1ccc(-c2ccc(N(c3ccc(-c4ccc(-c5ccc(-n6c7ccccc7c7ccccc76)cc5)cc4)cc3)c3ccc4c(c3)C(c3ccccc3)(c3ccccc3)c3ccccc3-4)c(-c3ccccc3)c2)cc1. The molecule has 0 saturated carbocycles. The van der Waals surface area contributed by atoms with E-state index in [2.05, 4.69) is 313 Å². The first-order valence-corrected chi connectivity index (χ1v) is 25.9. The highest BCUT2D eigenvalue weighted by atomic mass is 15.1. The van der Waals surface area contributed by atoms with Crippen molar-refractivity contribution in [3.05, 3.63) is 326 Å². The minimum absolute atomic E-state index is 0.542. The summed E-state index contributed by atoms with van der Waals surface area (Å²) < 4.78 is 2.37. The molecule has 0 bridgehead atoms. The summed E-state index contributed by atoms with van der Waals surface area (Å²) in [5.41, 5.74) is 23.2. The van der Waals surface area contributed by atoms with Gasteiger partial charge in [-0.3, -0.25) is 0 Å². The first kappa shape index (κ1) is 44.0. The quantitative estimate of drug-likeness (QED) is 0.133. The van der Waals surface area contributed by atoms with Crippen LogP contribution >= 0.6 is 0 Å². The Kier molecular flexibility index (Phi) is 10.8. The number of rotatable bonds is 10. The lowest BCUT2D eigenvalue weighted by Crippen LogP contribution is -2.28. The Morgan fingerprint density at radius 1 is 0.267 bits per heavy atom. The van der Waals surface area contributed by atoms with Crippen LogP contribution in [0.4, 0.5) is 17.1 Å². The summed E-state index contributed by atoms with van der Waals surface area (Å²) >= 11 is 0. The molecule has 0 atom stereocenters. The molecule has 1 aliphatic carbocycles. The van der Waals surface area contributed by atoms with Gasteiger partial charge >= 0.3 is 0 Å². The van der Waals surface area contributed by atoms with Gasteiger partial charge in [-0.2, -0.15) is 0 Å². The number of hydrogen-bond acceptors (Lipinski definition) is 1. The van der Waals surface area contributed by atoms with Crippen LogP contribution in [0, 0.1) is 0 Å². The average Bonchev–Trinajstić information content (AvgIpc) is 4.06. The Balaban J connectivity index is 0.879. The van der Waals surface area contributed by atoms with Gasteiger partial charge in [0.15, 0.2) is 0 Å². The number of benzene rings is 12. The molecular formula is C73H50N2. The molecule has 0 amide bonds. The molecule has 0 unspecified atom stereocenters. The molecule has 0 fully saturated rings. The lowest BCUT2D eigenvalue weighted by molar-refractivity contribution is 0.768. The zero-order chi connectivity index (χ0) is 49.7. The Morgan fingerprint density at radius 2 is 0.693 bits per heavy atom. The summed E-state index contributed by atoms with van der Waals surface area (Å²) in [4.78, 5) is 2.47. The largest absolute Gasteiger partial charge is 0.310 e. The number of nitrogens with zero attached hydrogens (tertiary/aromatic N) is 2. The molecule has 0 saturated heterocycles. The van der Waals surface area contributed by atoms with Crippen LogP contribution in [-0.2, 0) is 5.41 Å². The number of aromatic nitrogens is 1. The van der Waals surface area contributed by atoms with Gasteiger partial charge in [-0.15, -0.1) is 0 Å². The smallest absolute Gasteiger partial charge is 0.0714 e. The van der Waals surface area contributed by atoms with E-state index in [1.807, 2.05) is 0 Å². The second-order valence-corrected chi connectivity index (χ2v) is 19.6. The standard InChI is InChI=1S/C73H50N2/c1-5-19-51(20-6-1)57-41-48-72(67(49-57)56-21-7-2-8-22-56)74(62-46-47-64-63-27-13-16-30-68(63)73(69(64)50-62,58-23-9-3-10-24-58)59-25-11-4-12-26-59)60-42-37-54(38-43-60)52-33-35-53(36-34-52)55-39-44-61(45-40-55)75-70-31-17-14-28-65(70)66-29-15-18-32-71(66)75/h1-50H. The molecule has 75 heavy (non-hydrogen) atoms. The average molecular weight is 955 g/mol. The zero-order valence-corrected chi connectivity index (χ0v) is 41.3. The lowest BCUT2D eigenvalue weighted by atomic mass is 9.67. The summed E-state index contributed by atoms with van der Waals surface area (Å²) in [5.74, 6) is 0. The van der Waals surface area contributed by atoms with Gasteiger partial charge in [-0.25, -0.2) is 0 Å². The van der Waals surface area contributed by atoms with Crippen LogP contribution in [0.3, 0.4) is 0 Å². The van der Waals surface area contributed by atoms with Crippen molar-refractivity contribution in [2.24, 2.45) is 0 Å². The lowest BCUT2D eigenvalue weighted by Gasteiger charge is -2.35. The van der Waals surface area contributed by atoms with Crippen molar-refractivity contribution in [3.63, 3.8) is 0 Å². The van der Waals surface area contributed by atoms with Crippen LogP contribution in [0.15, 0.2) is 303 Å². The van der Waals surface area contributed by atoms with Gasteiger partial charge in [0.25, 0.3) is 0 Å². The predicted octanol–water partition coefficient (Wildman–Crippen LogP) is 19.3. The van der Waals surface area contributed by atoms with Crippen LogP contribution in [0.5, 0.6) is 0 Å². The molecule has 1 aromatic heterocycles. The second-order valence-electron chi connectivity index (χ2n) is 19.6. The van der Waals surface area contributed by atoms with Gasteiger partial charge in [0.05, 0.1) is 22.1 Å². The third-order valence-electron chi connectivity index (χ3n) is 15.5. The number of anilines is 3. The molecule has 14 rings (SSSR count). The van der Waals surface area contributed by atoms with Crippen molar-refractivity contribution in [1.82, 2.24) is 4.57 Å². The number of hydrogen-bond donors (Lipinski definition) is 0. The van der Waals surface area contributed by atoms with Gasteiger partial charge in [0.1, 0.15) is 0 Å². The molecule has 1 aliphatic rings. The summed E-state index contributed by atoms with van der Waals surface area (Å²) in [6, 6.07) is 111. The van der Waals surface area contributed by atoms with Crippen LogP contribution in [0.1, 0.15) is 22.3 Å². The van der Waals surface area contributed by atoms with E-state index in [1.54, 1.807) is 0 Å². The van der Waals surface area contributed by atoms with Crippen LogP contribution in [0.2, 0.25) is 0 Å². The maximum atomic E-state index is 2.47. The van der Waals surface area contributed by atoms with E-state index in [1.165, 1.54) is 83.0 Å². The van der Waals surface area contributed by atoms with Gasteiger partial charge < -0.3 is 9.47 Å². The molecular weight excluding hydrogens is 905 g/mol. The van der Waals surface area contributed by atoms with E-state index in [9.17, 15) is 0 Å².